The highest BCUT2D eigenvalue weighted by atomic mass is 35.5. The second-order valence-electron chi connectivity index (χ2n) is 3.00. The number of carbonyl (C=O) groups excluding carboxylic acids is 1. The molecule has 0 unspecified atom stereocenters. The summed E-state index contributed by atoms with van der Waals surface area (Å²) in [6.07, 6.45) is 5.61. The van der Waals surface area contributed by atoms with E-state index in [0.29, 0.717) is 29.4 Å². The third-order valence-electron chi connectivity index (χ3n) is 1.82. The maximum atomic E-state index is 11.3. The van der Waals surface area contributed by atoms with E-state index in [1.807, 2.05) is 0 Å². The number of carbonyl (C=O) groups is 1. The summed E-state index contributed by atoms with van der Waals surface area (Å²) in [6.45, 7) is 1.87. The van der Waals surface area contributed by atoms with Gasteiger partial charge in [0.15, 0.2) is 5.78 Å². The monoisotopic (exact) mass is 222 g/mol. The molecule has 0 aromatic heterocycles. The van der Waals surface area contributed by atoms with Crippen LogP contribution in [-0.4, -0.2) is 12.4 Å². The Kier molecular flexibility index (Phi) is 4.20. The van der Waals surface area contributed by atoms with E-state index >= 15 is 0 Å². The minimum absolute atomic E-state index is 0.0757. The Bertz CT molecular complexity index is 405. The zero-order valence-electron chi connectivity index (χ0n) is 8.42. The van der Waals surface area contributed by atoms with Gasteiger partial charge in [0, 0.05) is 11.4 Å². The number of terminal acetylenes is 1. The van der Waals surface area contributed by atoms with Gasteiger partial charge in [0.05, 0.1) is 12.2 Å². The van der Waals surface area contributed by atoms with Crippen LogP contribution < -0.4 is 4.74 Å². The van der Waals surface area contributed by atoms with Crippen LogP contribution in [0.5, 0.6) is 5.75 Å². The predicted molar refractivity (Wildman–Crippen MR) is 60.4 cm³/mol. The van der Waals surface area contributed by atoms with E-state index < -0.39 is 0 Å². The normalized spacial score (nSPS) is 9.40. The van der Waals surface area contributed by atoms with Gasteiger partial charge in [-0.3, -0.25) is 4.79 Å². The van der Waals surface area contributed by atoms with E-state index in [0.717, 1.165) is 0 Å². The lowest BCUT2D eigenvalue weighted by atomic mass is 10.1. The average molecular weight is 223 g/mol. The molecule has 1 aromatic rings. The number of hydrogen-bond acceptors (Lipinski definition) is 2. The van der Waals surface area contributed by atoms with Gasteiger partial charge in [-0.25, -0.2) is 0 Å². The van der Waals surface area contributed by atoms with Crippen LogP contribution in [0.3, 0.4) is 0 Å². The van der Waals surface area contributed by atoms with Gasteiger partial charge in [0.1, 0.15) is 5.75 Å². The molecule has 0 radical (unpaired) electrons. The molecule has 1 aromatic carbocycles. The van der Waals surface area contributed by atoms with E-state index in [1.165, 1.54) is 6.92 Å². The molecule has 0 aliphatic rings. The van der Waals surface area contributed by atoms with Gasteiger partial charge in [-0.15, -0.1) is 12.3 Å². The molecule has 1 rings (SSSR count). The molecule has 0 bridgehead atoms. The molecule has 3 heteroatoms. The maximum absolute atomic E-state index is 11.3. The Morgan fingerprint density at radius 2 is 2.33 bits per heavy atom. The molecule has 0 aliphatic carbocycles. The minimum atomic E-state index is -0.0757. The van der Waals surface area contributed by atoms with Crippen LogP contribution >= 0.6 is 11.6 Å². The fourth-order valence-electron chi connectivity index (χ4n) is 1.12. The van der Waals surface area contributed by atoms with Gasteiger partial charge in [0.25, 0.3) is 0 Å². The molecule has 0 saturated carbocycles. The third kappa shape index (κ3) is 3.30. The van der Waals surface area contributed by atoms with Crippen molar-refractivity contribution in [3.63, 3.8) is 0 Å². The molecule has 2 nitrogen and oxygen atoms in total. The van der Waals surface area contributed by atoms with Crippen molar-refractivity contribution in [2.45, 2.75) is 13.3 Å². The number of ketones is 1. The lowest BCUT2D eigenvalue weighted by Crippen LogP contribution is -2.02. The van der Waals surface area contributed by atoms with Crippen molar-refractivity contribution in [3.8, 4) is 18.1 Å². The molecule has 0 N–H and O–H groups in total. The molecule has 15 heavy (non-hydrogen) atoms. The van der Waals surface area contributed by atoms with Crippen molar-refractivity contribution >= 4 is 17.4 Å². The Balaban J connectivity index is 2.87. The van der Waals surface area contributed by atoms with Crippen molar-refractivity contribution < 1.29 is 9.53 Å². The Labute approximate surface area is 94.2 Å². The molecular formula is C12H11ClO2. The van der Waals surface area contributed by atoms with Crippen molar-refractivity contribution in [3.05, 3.63) is 28.8 Å². The van der Waals surface area contributed by atoms with Crippen LogP contribution in [-0.2, 0) is 0 Å². The van der Waals surface area contributed by atoms with Crippen molar-refractivity contribution in [2.24, 2.45) is 0 Å². The molecule has 0 fully saturated rings. The van der Waals surface area contributed by atoms with E-state index in [-0.39, 0.29) is 5.78 Å². The van der Waals surface area contributed by atoms with Crippen molar-refractivity contribution in [1.82, 2.24) is 0 Å². The zero-order valence-corrected chi connectivity index (χ0v) is 9.17. The number of Topliss-reactive ketones (excluding diaryl/α,β-unsaturated/α-hetero) is 1. The predicted octanol–water partition coefficient (Wildman–Crippen LogP) is 2.94. The SMILES string of the molecule is C#CCCOc1ccc(Cl)cc1C(C)=O. The zero-order chi connectivity index (χ0) is 11.3. The van der Waals surface area contributed by atoms with Gasteiger partial charge in [-0.2, -0.15) is 0 Å². The van der Waals surface area contributed by atoms with Gasteiger partial charge >= 0.3 is 0 Å². The van der Waals surface area contributed by atoms with Crippen molar-refractivity contribution in [1.29, 1.82) is 0 Å². The summed E-state index contributed by atoms with van der Waals surface area (Å²) >= 11 is 5.78. The summed E-state index contributed by atoms with van der Waals surface area (Å²) in [4.78, 5) is 11.3. The first-order chi connectivity index (χ1) is 7.15. The topological polar surface area (TPSA) is 26.3 Å². The first kappa shape index (κ1) is 11.6. The van der Waals surface area contributed by atoms with E-state index in [1.54, 1.807) is 18.2 Å². The second-order valence-corrected chi connectivity index (χ2v) is 3.44. The summed E-state index contributed by atoms with van der Waals surface area (Å²) < 4.78 is 5.37. The number of hydrogen-bond donors (Lipinski definition) is 0. The first-order valence-electron chi connectivity index (χ1n) is 4.52. The van der Waals surface area contributed by atoms with Crippen LogP contribution in [0.25, 0.3) is 0 Å². The molecular weight excluding hydrogens is 212 g/mol. The van der Waals surface area contributed by atoms with E-state index in [2.05, 4.69) is 5.92 Å². The highest BCUT2D eigenvalue weighted by Gasteiger charge is 2.08. The third-order valence-corrected chi connectivity index (χ3v) is 2.06. The molecule has 0 spiro atoms. The summed E-state index contributed by atoms with van der Waals surface area (Å²) in [5, 5.41) is 0.518. The average Bonchev–Trinajstić information content (AvgIpc) is 2.20. The van der Waals surface area contributed by atoms with Crippen LogP contribution in [0.15, 0.2) is 18.2 Å². The molecule has 0 aliphatic heterocycles. The van der Waals surface area contributed by atoms with Crippen LogP contribution in [0.4, 0.5) is 0 Å². The van der Waals surface area contributed by atoms with Gasteiger partial charge in [0.2, 0.25) is 0 Å². The first-order valence-corrected chi connectivity index (χ1v) is 4.89. The summed E-state index contributed by atoms with van der Waals surface area (Å²) in [5.41, 5.74) is 0.486. The lowest BCUT2D eigenvalue weighted by Gasteiger charge is -2.08. The van der Waals surface area contributed by atoms with Gasteiger partial charge in [-0.05, 0) is 25.1 Å². The lowest BCUT2D eigenvalue weighted by molar-refractivity contribution is 0.101. The Morgan fingerprint density at radius 1 is 1.60 bits per heavy atom. The maximum Gasteiger partial charge on any atom is 0.163 e. The summed E-state index contributed by atoms with van der Waals surface area (Å²) in [6, 6.07) is 4.95. The Morgan fingerprint density at radius 3 is 2.93 bits per heavy atom. The number of rotatable bonds is 4. The van der Waals surface area contributed by atoms with E-state index in [9.17, 15) is 4.79 Å². The van der Waals surface area contributed by atoms with E-state index in [4.69, 9.17) is 22.8 Å². The number of ether oxygens (including phenoxy) is 1. The van der Waals surface area contributed by atoms with Crippen LogP contribution in [0, 0.1) is 12.3 Å². The van der Waals surface area contributed by atoms with Crippen LogP contribution in [0.2, 0.25) is 5.02 Å². The summed E-state index contributed by atoms with van der Waals surface area (Å²) in [5.74, 6) is 2.92. The number of benzene rings is 1. The standard InChI is InChI=1S/C12H11ClO2/c1-3-4-7-15-12-6-5-10(13)8-11(12)9(2)14/h1,5-6,8H,4,7H2,2H3. The summed E-state index contributed by atoms with van der Waals surface area (Å²) in [7, 11) is 0. The molecule has 0 heterocycles. The Hall–Kier alpha value is -1.46. The second kappa shape index (κ2) is 5.43. The fraction of sp³-hybridized carbons (Fsp3) is 0.250. The molecule has 0 amide bonds. The van der Waals surface area contributed by atoms with Crippen LogP contribution in [0.1, 0.15) is 23.7 Å². The number of halogens is 1. The molecule has 0 atom stereocenters. The fourth-order valence-corrected chi connectivity index (χ4v) is 1.30. The minimum Gasteiger partial charge on any atom is -0.492 e. The smallest absolute Gasteiger partial charge is 0.163 e. The highest BCUT2D eigenvalue weighted by Crippen LogP contribution is 2.23. The highest BCUT2D eigenvalue weighted by molar-refractivity contribution is 6.31. The quantitative estimate of drug-likeness (QED) is 0.445. The molecule has 78 valence electrons. The molecule has 0 saturated heterocycles. The van der Waals surface area contributed by atoms with Crippen molar-refractivity contribution in [2.75, 3.05) is 6.61 Å². The van der Waals surface area contributed by atoms with Gasteiger partial charge in [-0.1, -0.05) is 11.6 Å². The van der Waals surface area contributed by atoms with Gasteiger partial charge < -0.3 is 4.74 Å². The largest absolute Gasteiger partial charge is 0.492 e.